The fraction of sp³-hybridized carbons (Fsp3) is 0.263. The topological polar surface area (TPSA) is 78.8 Å². The van der Waals surface area contributed by atoms with Crippen molar-refractivity contribution in [3.63, 3.8) is 0 Å². The molecule has 0 saturated heterocycles. The summed E-state index contributed by atoms with van der Waals surface area (Å²) in [6.45, 7) is 4.21. The van der Waals surface area contributed by atoms with E-state index in [9.17, 15) is 22.0 Å². The van der Waals surface area contributed by atoms with Gasteiger partial charge < -0.3 is 10.2 Å². The zero-order valence-corrected chi connectivity index (χ0v) is 16.2. The number of carbonyl (C=O) groups is 1. The first-order valence-corrected chi connectivity index (χ1v) is 10.2. The SMILES string of the molecule is CCCCN1C(C)=NS(=O)(=O)c2cc(C(=O)Nc3c(F)cccc3F)ccc21. The van der Waals surface area contributed by atoms with Crippen LogP contribution in [-0.4, -0.2) is 26.7 Å². The van der Waals surface area contributed by atoms with Crippen LogP contribution in [0.25, 0.3) is 0 Å². The molecule has 2 aromatic rings. The number of unbranched alkanes of at least 4 members (excludes halogenated alkanes) is 1. The summed E-state index contributed by atoms with van der Waals surface area (Å²) >= 11 is 0. The van der Waals surface area contributed by atoms with E-state index in [4.69, 9.17) is 0 Å². The van der Waals surface area contributed by atoms with Crippen LogP contribution in [0.1, 0.15) is 37.0 Å². The van der Waals surface area contributed by atoms with E-state index >= 15 is 0 Å². The number of nitrogens with zero attached hydrogens (tertiary/aromatic N) is 2. The van der Waals surface area contributed by atoms with Crippen LogP contribution < -0.4 is 10.2 Å². The van der Waals surface area contributed by atoms with E-state index < -0.39 is 33.3 Å². The van der Waals surface area contributed by atoms with Gasteiger partial charge in [0, 0.05) is 12.1 Å². The molecule has 0 fully saturated rings. The molecule has 148 valence electrons. The normalized spacial score (nSPS) is 15.0. The van der Waals surface area contributed by atoms with Crippen molar-refractivity contribution in [2.75, 3.05) is 16.8 Å². The summed E-state index contributed by atoms with van der Waals surface area (Å²) in [6, 6.07) is 7.30. The second kappa shape index (κ2) is 7.67. The number of hydrogen-bond acceptors (Lipinski definition) is 4. The first kappa shape index (κ1) is 19.9. The third-order valence-electron chi connectivity index (χ3n) is 4.37. The Morgan fingerprint density at radius 3 is 2.50 bits per heavy atom. The van der Waals surface area contributed by atoms with E-state index in [1.807, 2.05) is 6.92 Å². The van der Waals surface area contributed by atoms with Gasteiger partial charge in [-0.1, -0.05) is 19.4 Å². The molecule has 1 aliphatic heterocycles. The van der Waals surface area contributed by atoms with E-state index in [0.29, 0.717) is 18.1 Å². The third-order valence-corrected chi connectivity index (χ3v) is 5.76. The zero-order chi connectivity index (χ0) is 20.5. The Morgan fingerprint density at radius 1 is 1.18 bits per heavy atom. The molecule has 1 N–H and O–H groups in total. The smallest absolute Gasteiger partial charge is 0.286 e. The predicted octanol–water partition coefficient (Wildman–Crippen LogP) is 3.94. The van der Waals surface area contributed by atoms with Crippen molar-refractivity contribution in [3.05, 3.63) is 53.6 Å². The maximum absolute atomic E-state index is 13.8. The van der Waals surface area contributed by atoms with Crippen LogP contribution in [0.4, 0.5) is 20.2 Å². The summed E-state index contributed by atoms with van der Waals surface area (Å²) in [5.41, 5.74) is -0.212. The minimum atomic E-state index is -3.98. The largest absolute Gasteiger partial charge is 0.328 e. The van der Waals surface area contributed by atoms with E-state index in [2.05, 4.69) is 9.71 Å². The summed E-state index contributed by atoms with van der Waals surface area (Å²) in [5.74, 6) is -2.32. The van der Waals surface area contributed by atoms with Gasteiger partial charge in [-0.05, 0) is 43.7 Å². The standard InChI is InChI=1S/C19H19F2N3O3S/c1-3-4-10-24-12(2)23-28(26,27)17-11-13(8-9-16(17)24)19(25)22-18-14(20)6-5-7-15(18)21/h5-9,11H,3-4,10H2,1-2H3,(H,22,25). The number of rotatable bonds is 5. The van der Waals surface area contributed by atoms with E-state index in [1.165, 1.54) is 24.3 Å². The fourth-order valence-corrected chi connectivity index (χ4v) is 4.20. The van der Waals surface area contributed by atoms with Gasteiger partial charge in [-0.2, -0.15) is 8.42 Å². The molecule has 0 aromatic heterocycles. The van der Waals surface area contributed by atoms with Crippen LogP contribution in [0.2, 0.25) is 0 Å². The summed E-state index contributed by atoms with van der Waals surface area (Å²) in [5, 5.41) is 2.15. The van der Waals surface area contributed by atoms with Crippen molar-refractivity contribution in [3.8, 4) is 0 Å². The number of hydrogen-bond donors (Lipinski definition) is 1. The number of nitrogens with one attached hydrogen (secondary N) is 1. The average Bonchev–Trinajstić information content (AvgIpc) is 2.64. The molecule has 1 aliphatic rings. The van der Waals surface area contributed by atoms with Gasteiger partial charge in [-0.15, -0.1) is 4.40 Å². The minimum Gasteiger partial charge on any atom is -0.328 e. The van der Waals surface area contributed by atoms with Gasteiger partial charge >= 0.3 is 0 Å². The Kier molecular flexibility index (Phi) is 5.46. The molecule has 0 saturated carbocycles. The molecule has 0 spiro atoms. The van der Waals surface area contributed by atoms with Crippen LogP contribution in [0, 0.1) is 11.6 Å². The number of amides is 1. The molecular weight excluding hydrogens is 388 g/mol. The number of sulfonamides is 1. The van der Waals surface area contributed by atoms with E-state index in [0.717, 1.165) is 25.0 Å². The highest BCUT2D eigenvalue weighted by molar-refractivity contribution is 7.90. The van der Waals surface area contributed by atoms with E-state index in [-0.39, 0.29) is 10.5 Å². The Balaban J connectivity index is 1.98. The summed E-state index contributed by atoms with van der Waals surface area (Å²) in [7, 11) is -3.98. The molecule has 1 heterocycles. The van der Waals surface area contributed by atoms with Crippen molar-refractivity contribution >= 4 is 33.1 Å². The first-order valence-electron chi connectivity index (χ1n) is 8.73. The number of benzene rings is 2. The molecule has 0 aliphatic carbocycles. The van der Waals surface area contributed by atoms with Crippen LogP contribution >= 0.6 is 0 Å². The van der Waals surface area contributed by atoms with Crippen LogP contribution in [0.5, 0.6) is 0 Å². The number of fused-ring (bicyclic) bond motifs is 1. The molecule has 6 nitrogen and oxygen atoms in total. The number of para-hydroxylation sites is 1. The molecule has 0 radical (unpaired) electrons. The molecule has 9 heteroatoms. The highest BCUT2D eigenvalue weighted by atomic mass is 32.2. The summed E-state index contributed by atoms with van der Waals surface area (Å²) in [4.78, 5) is 14.1. The number of halogens is 2. The van der Waals surface area contributed by atoms with Crippen LogP contribution in [0.15, 0.2) is 45.7 Å². The molecule has 3 rings (SSSR count). The molecule has 1 amide bonds. The Hall–Kier alpha value is -2.81. The van der Waals surface area contributed by atoms with Gasteiger partial charge in [0.05, 0.1) is 5.69 Å². The number of amidine groups is 1. The zero-order valence-electron chi connectivity index (χ0n) is 15.4. The monoisotopic (exact) mass is 407 g/mol. The minimum absolute atomic E-state index is 0.0461. The lowest BCUT2D eigenvalue weighted by atomic mass is 10.1. The van der Waals surface area contributed by atoms with E-state index in [1.54, 1.807) is 11.8 Å². The summed E-state index contributed by atoms with van der Waals surface area (Å²) < 4.78 is 56.2. The van der Waals surface area contributed by atoms with Crippen molar-refractivity contribution < 1.29 is 22.0 Å². The second-order valence-corrected chi connectivity index (χ2v) is 7.92. The quantitative estimate of drug-likeness (QED) is 0.814. The second-order valence-electron chi connectivity index (χ2n) is 6.35. The van der Waals surface area contributed by atoms with Crippen molar-refractivity contribution in [1.29, 1.82) is 0 Å². The van der Waals surface area contributed by atoms with Crippen molar-refractivity contribution in [2.24, 2.45) is 4.40 Å². The van der Waals surface area contributed by atoms with Crippen LogP contribution in [0.3, 0.4) is 0 Å². The maximum Gasteiger partial charge on any atom is 0.286 e. The summed E-state index contributed by atoms with van der Waals surface area (Å²) in [6.07, 6.45) is 1.75. The highest BCUT2D eigenvalue weighted by Crippen LogP contribution is 2.33. The first-order chi connectivity index (χ1) is 13.2. The fourth-order valence-electron chi connectivity index (χ4n) is 2.93. The van der Waals surface area contributed by atoms with Gasteiger partial charge in [-0.3, -0.25) is 4.79 Å². The Morgan fingerprint density at radius 2 is 1.86 bits per heavy atom. The molecule has 0 atom stereocenters. The number of carbonyl (C=O) groups excluding carboxylic acids is 1. The molecule has 0 unspecified atom stereocenters. The lowest BCUT2D eigenvalue weighted by molar-refractivity contribution is 0.102. The van der Waals surface area contributed by atoms with Crippen molar-refractivity contribution in [1.82, 2.24) is 0 Å². The third kappa shape index (κ3) is 3.75. The van der Waals surface area contributed by atoms with Gasteiger partial charge in [0.2, 0.25) is 0 Å². The highest BCUT2D eigenvalue weighted by Gasteiger charge is 2.29. The van der Waals surface area contributed by atoms with Gasteiger partial charge in [0.1, 0.15) is 28.1 Å². The Labute approximate surface area is 161 Å². The van der Waals surface area contributed by atoms with Gasteiger partial charge in [0.15, 0.2) is 0 Å². The predicted molar refractivity (Wildman–Crippen MR) is 103 cm³/mol. The van der Waals surface area contributed by atoms with Gasteiger partial charge in [-0.25, -0.2) is 8.78 Å². The molecule has 2 aromatic carbocycles. The van der Waals surface area contributed by atoms with Gasteiger partial charge in [0.25, 0.3) is 15.9 Å². The molecule has 0 bridgehead atoms. The molecular formula is C19H19F2N3O3S. The Bertz CT molecular complexity index is 1050. The van der Waals surface area contributed by atoms with Crippen LogP contribution in [-0.2, 0) is 10.0 Å². The number of anilines is 2. The average molecular weight is 407 g/mol. The lowest BCUT2D eigenvalue weighted by Gasteiger charge is -2.29. The molecule has 28 heavy (non-hydrogen) atoms. The van der Waals surface area contributed by atoms with Crippen molar-refractivity contribution in [2.45, 2.75) is 31.6 Å². The lowest BCUT2D eigenvalue weighted by Crippen LogP contribution is -2.34. The maximum atomic E-state index is 13.8.